The molecule has 1 spiro atoms. The van der Waals surface area contributed by atoms with E-state index in [9.17, 15) is 53.1 Å². The van der Waals surface area contributed by atoms with Crippen molar-refractivity contribution >= 4 is 89.0 Å². The number of hydrogen-bond acceptors (Lipinski definition) is 27. The van der Waals surface area contributed by atoms with Gasteiger partial charge >= 0.3 is 23.9 Å². The molecule has 7 N–H and O–H groups in total. The summed E-state index contributed by atoms with van der Waals surface area (Å²) in [5.74, 6) is -5.74. The van der Waals surface area contributed by atoms with Crippen molar-refractivity contribution in [3.8, 4) is 17.0 Å². The molecular weight excluding hydrogens is 1930 g/mol. The van der Waals surface area contributed by atoms with Gasteiger partial charge in [-0.05, 0) is 181 Å². The second-order valence-electron chi connectivity index (χ2n) is 38.0. The van der Waals surface area contributed by atoms with E-state index in [2.05, 4.69) is 66.9 Å². The number of unbranched alkanes of at least 4 members (excludes halogenated alkanes) is 14. The standard InChI is InChI=1S/C110H163F2N11O26/c1-9-10-11-12-13-14-18-21-24-45-122(100(127)25-22-19-16-15-17-20-23-26-101(128)129)94(106(132)133)34-36-97(124)115-44-53-138-55-57-140-59-61-142-63-65-144-67-69-146-71-73-148-75-74-147-72-70-145-68-66-143-64-62-141-60-58-139-56-54-137-52-39-99(126)116-82(3)107(134)149-109(4,5)86-32-33-88(91(112)77-86)104(130)118-92-79-87(111)78-89(81(92)2)102(113-6)90-80-93(117-103(90)114-7)84-29-27-83(28-30-84)37-46-120-48-40-110(41-49-120)42-50-121(51-43-110)105(131)85-31-35-96(136-8)95(76-85)123-47-38-98(125)119-108(123)135/h27-33,35,76-80,82,94,117H,7,9-26,34,36-75H2,1-6,8H3,(H,115,124)(H,116,126)(H,118,130)(H,128,129)(H,132,133)(H,119,125,135)/b113-102-/t82-,94?/m1/s1. The Morgan fingerprint density at radius 2 is 1.09 bits per heavy atom. The fraction of sp³-hybridized carbons (Fsp3) is 0.636. The van der Waals surface area contributed by atoms with Gasteiger partial charge in [-0.15, -0.1) is 0 Å². The highest BCUT2D eigenvalue weighted by atomic mass is 19.1. The van der Waals surface area contributed by atoms with Crippen molar-refractivity contribution in [3.05, 3.63) is 129 Å². The fourth-order valence-electron chi connectivity index (χ4n) is 17.8. The molecule has 0 radical (unpaired) electrons. The molecule has 37 nitrogen and oxygen atoms in total. The third kappa shape index (κ3) is 45.8. The zero-order valence-electron chi connectivity index (χ0n) is 88.7. The van der Waals surface area contributed by atoms with Gasteiger partial charge in [0.05, 0.1) is 183 Å². The molecule has 1 aromatic heterocycles. The van der Waals surface area contributed by atoms with Crippen molar-refractivity contribution in [2.45, 2.75) is 226 Å². The SMILES string of the molecule is C=Nc1[nH]c(-c2ccc(CCN3CCC4(CC3)CCN(C(=O)c3ccc(OC)c(N5CCC(=O)NC5=O)c3)CC4)cc2)cc1/C(=N\C)c1cc(F)cc(NC(=O)c2ccc(C(C)(C)OC(=O)[C@@H](C)NC(=O)CCOCCOCCOCCOCCOCCOCCOCCOCCOCCOCCOCCOCCNC(=O)CCC(C(=O)O)N(CCCCCCCCCCC)C(=O)CCCCCCCCCC(=O)O)cc2F)c1C. The number of carbonyl (C=O) groups is 10. The quantitative estimate of drug-likeness (QED) is 0.0108. The molecule has 0 bridgehead atoms. The summed E-state index contributed by atoms with van der Waals surface area (Å²) in [6, 6.07) is 18.7. The maximum Gasteiger partial charge on any atom is 0.329 e. The number of likely N-dealkylation sites (tertiary alicyclic amines) is 2. The summed E-state index contributed by atoms with van der Waals surface area (Å²) in [5, 5.41) is 29.5. The van der Waals surface area contributed by atoms with Crippen LogP contribution in [0.5, 0.6) is 5.75 Å². The van der Waals surface area contributed by atoms with E-state index in [-0.39, 0.29) is 124 Å². The first-order chi connectivity index (χ1) is 72.2. The van der Waals surface area contributed by atoms with Crippen molar-refractivity contribution in [3.63, 3.8) is 0 Å². The van der Waals surface area contributed by atoms with E-state index in [1.807, 2.05) is 23.1 Å². The first kappa shape index (κ1) is 124. The van der Waals surface area contributed by atoms with Gasteiger partial charge in [-0.3, -0.25) is 48.8 Å². The van der Waals surface area contributed by atoms with Crippen LogP contribution >= 0.6 is 0 Å². The Bertz CT molecular complexity index is 4910. The number of aromatic nitrogens is 1. The Morgan fingerprint density at radius 1 is 0.570 bits per heavy atom. The number of urea groups is 1. The van der Waals surface area contributed by atoms with E-state index in [1.54, 1.807) is 46.0 Å². The Kier molecular flexibility index (Phi) is 58.4. The number of carboxylic acids is 2. The van der Waals surface area contributed by atoms with Gasteiger partial charge in [-0.2, -0.15) is 0 Å². The number of aliphatic imine (C=N–C) groups is 2. The van der Waals surface area contributed by atoms with Crippen LogP contribution in [-0.2, 0) is 107 Å². The van der Waals surface area contributed by atoms with Crippen LogP contribution < -0.4 is 30.9 Å². The number of amides is 8. The molecule has 8 amide bonds. The lowest BCUT2D eigenvalue weighted by Gasteiger charge is -2.47. The molecule has 3 fully saturated rings. The Morgan fingerprint density at radius 3 is 1.60 bits per heavy atom. The van der Waals surface area contributed by atoms with E-state index in [0.717, 1.165) is 126 Å². The van der Waals surface area contributed by atoms with Gasteiger partial charge in [0, 0.05) is 106 Å². The van der Waals surface area contributed by atoms with Crippen LogP contribution in [0.4, 0.5) is 30.8 Å². The van der Waals surface area contributed by atoms with Crippen LogP contribution in [0.3, 0.4) is 0 Å². The monoisotopic (exact) mass is 2090 g/mol. The number of nitrogens with one attached hydrogen (secondary N) is 5. The second kappa shape index (κ2) is 70.5. The number of benzene rings is 4. The van der Waals surface area contributed by atoms with Gasteiger partial charge in [0.2, 0.25) is 23.6 Å². The van der Waals surface area contributed by atoms with Gasteiger partial charge in [-0.25, -0.2) is 28.2 Å². The summed E-state index contributed by atoms with van der Waals surface area (Å²) < 4.78 is 110. The van der Waals surface area contributed by atoms with Crippen LogP contribution in [0.1, 0.15) is 243 Å². The van der Waals surface area contributed by atoms with E-state index < -0.39 is 65.1 Å². The number of ether oxygens (including phenoxy) is 14. The summed E-state index contributed by atoms with van der Waals surface area (Å²) in [6.07, 6.45) is 21.0. The fourth-order valence-corrected chi connectivity index (χ4v) is 17.8. The maximum absolute atomic E-state index is 16.1. The Hall–Kier alpha value is -10.7. The first-order valence-corrected chi connectivity index (χ1v) is 53.1. The number of rotatable bonds is 80. The highest BCUT2D eigenvalue weighted by Gasteiger charge is 2.40. The normalized spacial score (nSPS) is 14.3. The number of esters is 1. The molecule has 2 atom stereocenters. The molecule has 4 heterocycles. The number of piperidine rings is 2. The smallest absolute Gasteiger partial charge is 0.329 e. The Balaban J connectivity index is 0.569. The molecule has 5 aromatic rings. The third-order valence-corrected chi connectivity index (χ3v) is 26.6. The average Bonchev–Trinajstić information content (AvgIpc) is 1.67. The van der Waals surface area contributed by atoms with Gasteiger partial charge in [-0.1, -0.05) is 121 Å². The molecule has 149 heavy (non-hydrogen) atoms. The summed E-state index contributed by atoms with van der Waals surface area (Å²) in [6.45, 7) is 25.6. The maximum atomic E-state index is 16.1. The number of carboxylic acid groups (broad SMARTS) is 2. The lowest BCUT2D eigenvalue weighted by molar-refractivity contribution is -0.160. The van der Waals surface area contributed by atoms with Crippen LogP contribution in [0.2, 0.25) is 0 Å². The lowest BCUT2D eigenvalue weighted by Crippen LogP contribution is -2.50. The minimum atomic E-state index is -1.41. The number of imide groups is 1. The molecule has 3 aliphatic heterocycles. The molecule has 1 unspecified atom stereocenters. The summed E-state index contributed by atoms with van der Waals surface area (Å²) in [7, 11) is 3.07. The van der Waals surface area contributed by atoms with Gasteiger partial charge in [0.15, 0.2) is 0 Å². The zero-order chi connectivity index (χ0) is 107. The number of anilines is 2. The second-order valence-corrected chi connectivity index (χ2v) is 38.0. The number of nitrogens with zero attached hydrogens (tertiary/aromatic N) is 6. The predicted octanol–water partition coefficient (Wildman–Crippen LogP) is 14.5. The largest absolute Gasteiger partial charge is 0.495 e. The summed E-state index contributed by atoms with van der Waals surface area (Å²) in [4.78, 5) is 147. The van der Waals surface area contributed by atoms with Gasteiger partial charge in [0.25, 0.3) is 11.8 Å². The molecule has 8 rings (SSSR count). The molecule has 828 valence electrons. The van der Waals surface area contributed by atoms with Crippen LogP contribution in [-0.4, -0.2) is 339 Å². The van der Waals surface area contributed by atoms with E-state index in [1.165, 1.54) is 79.7 Å². The number of methoxy groups -OCH3 is 1. The van der Waals surface area contributed by atoms with E-state index >= 15 is 8.78 Å². The number of aliphatic carboxylic acids is 2. The highest BCUT2D eigenvalue weighted by molar-refractivity contribution is 6.18. The topological polar surface area (TPSA) is 442 Å². The molecule has 3 aliphatic rings. The molecule has 3 saturated heterocycles. The summed E-state index contributed by atoms with van der Waals surface area (Å²) in [5.41, 5.74) is 4.03. The minimum Gasteiger partial charge on any atom is -0.495 e. The van der Waals surface area contributed by atoms with E-state index in [0.29, 0.717) is 216 Å². The van der Waals surface area contributed by atoms with Gasteiger partial charge in [0.1, 0.15) is 40.9 Å². The molecule has 4 aromatic carbocycles. The number of H-pyrrole nitrogens is 1. The highest BCUT2D eigenvalue weighted by Crippen LogP contribution is 2.43. The summed E-state index contributed by atoms with van der Waals surface area (Å²) >= 11 is 0. The molecule has 39 heteroatoms. The third-order valence-electron chi connectivity index (χ3n) is 26.6. The number of halogens is 2. The Labute approximate surface area is 876 Å². The van der Waals surface area contributed by atoms with Crippen molar-refractivity contribution in [1.82, 2.24) is 35.6 Å². The van der Waals surface area contributed by atoms with Crippen molar-refractivity contribution in [1.29, 1.82) is 0 Å². The number of aromatic amines is 1. The van der Waals surface area contributed by atoms with Crippen LogP contribution in [0.15, 0.2) is 88.8 Å². The molecule has 0 aliphatic carbocycles. The van der Waals surface area contributed by atoms with E-state index in [4.69, 9.17) is 71.4 Å². The number of hydrogen-bond donors (Lipinski definition) is 7. The molecule has 0 saturated carbocycles. The molecular formula is C110H163F2N11O26. The lowest BCUT2D eigenvalue weighted by atomic mass is 9.71. The van der Waals surface area contributed by atoms with Crippen LogP contribution in [0, 0.1) is 24.0 Å². The first-order valence-electron chi connectivity index (χ1n) is 53.1. The zero-order valence-corrected chi connectivity index (χ0v) is 88.7. The van der Waals surface area contributed by atoms with Crippen molar-refractivity contribution in [2.75, 3.05) is 235 Å². The number of carbonyl (C=O) groups excluding carboxylic acids is 8. The van der Waals surface area contributed by atoms with Crippen molar-refractivity contribution in [2.24, 2.45) is 15.4 Å². The minimum absolute atomic E-state index is 0.0154. The van der Waals surface area contributed by atoms with Gasteiger partial charge < -0.3 is 112 Å². The average molecular weight is 2090 g/mol. The van der Waals surface area contributed by atoms with Crippen LogP contribution in [0.25, 0.3) is 11.3 Å². The predicted molar refractivity (Wildman–Crippen MR) is 561 cm³/mol. The van der Waals surface area contributed by atoms with Crippen molar-refractivity contribution < 1.29 is 133 Å².